The Morgan fingerprint density at radius 2 is 0.408 bits per heavy atom. The molecule has 0 saturated carbocycles. The Bertz CT molecular complexity index is 1860. The first-order chi connectivity index (χ1) is 47.7. The lowest BCUT2D eigenvalue weighted by molar-refractivity contribution is -0.161. The summed E-state index contributed by atoms with van der Waals surface area (Å²) in [6.45, 7) is 4.97. The molecule has 5 atom stereocenters. The zero-order chi connectivity index (χ0) is 71.8. The lowest BCUT2D eigenvalue weighted by Crippen LogP contribution is -2.30. The van der Waals surface area contributed by atoms with E-state index in [0.717, 1.165) is 103 Å². The number of esters is 4. The van der Waals surface area contributed by atoms with E-state index in [1.165, 1.54) is 244 Å². The Kier molecular flexibility index (Phi) is 71.9. The molecule has 17 nitrogen and oxygen atoms in total. The molecule has 0 heterocycles. The van der Waals surface area contributed by atoms with Gasteiger partial charge >= 0.3 is 39.5 Å². The smallest absolute Gasteiger partial charge is 0.462 e. The van der Waals surface area contributed by atoms with Crippen molar-refractivity contribution in [3.63, 3.8) is 0 Å². The summed E-state index contributed by atoms with van der Waals surface area (Å²) in [6.07, 6.45) is 65.4. The molecule has 0 aromatic carbocycles. The van der Waals surface area contributed by atoms with E-state index in [-0.39, 0.29) is 25.7 Å². The third-order valence-electron chi connectivity index (χ3n) is 18.6. The lowest BCUT2D eigenvalue weighted by atomic mass is 10.0. The van der Waals surface area contributed by atoms with Gasteiger partial charge in [-0.05, 0) is 25.7 Å². The molecule has 0 rings (SSSR count). The fourth-order valence-electron chi connectivity index (χ4n) is 12.3. The number of phosphoric ester groups is 2. The lowest BCUT2D eigenvalue weighted by Gasteiger charge is -2.21. The van der Waals surface area contributed by atoms with Crippen LogP contribution in [0.25, 0.3) is 0 Å². The summed E-state index contributed by atoms with van der Waals surface area (Å²) < 4.78 is 68.5. The summed E-state index contributed by atoms with van der Waals surface area (Å²) in [5.41, 5.74) is 0. The van der Waals surface area contributed by atoms with Crippen molar-refractivity contribution in [2.45, 2.75) is 444 Å². The van der Waals surface area contributed by atoms with Gasteiger partial charge in [-0.1, -0.05) is 374 Å². The maximum atomic E-state index is 13.1. The molecule has 2 unspecified atom stereocenters. The van der Waals surface area contributed by atoms with Crippen molar-refractivity contribution in [2.24, 2.45) is 0 Å². The van der Waals surface area contributed by atoms with Crippen molar-refractivity contribution in [1.82, 2.24) is 0 Å². The number of ether oxygens (including phenoxy) is 4. The summed E-state index contributed by atoms with van der Waals surface area (Å²) in [5, 5.41) is 10.6. The van der Waals surface area contributed by atoms with Gasteiger partial charge < -0.3 is 33.8 Å². The maximum Gasteiger partial charge on any atom is 0.472 e. The summed E-state index contributed by atoms with van der Waals surface area (Å²) >= 11 is 0. The second kappa shape index (κ2) is 73.4. The predicted molar refractivity (Wildman–Crippen MR) is 400 cm³/mol. The van der Waals surface area contributed by atoms with Crippen molar-refractivity contribution in [3.05, 3.63) is 0 Å². The van der Waals surface area contributed by atoms with E-state index in [9.17, 15) is 43.2 Å². The number of carbonyl (C=O) groups is 4. The van der Waals surface area contributed by atoms with Crippen LogP contribution in [0.4, 0.5) is 0 Å². The number of carbonyl (C=O) groups excluding carboxylic acids is 4. The number of unbranched alkanes of at least 4 members (excludes halogenated alkanes) is 54. The van der Waals surface area contributed by atoms with Gasteiger partial charge in [0, 0.05) is 25.7 Å². The van der Waals surface area contributed by atoms with E-state index in [1.54, 1.807) is 0 Å². The molecule has 582 valence electrons. The molecule has 0 aliphatic rings. The summed E-state index contributed by atoms with van der Waals surface area (Å²) in [6, 6.07) is 0. The van der Waals surface area contributed by atoms with Crippen LogP contribution in [0, 0.1) is 0 Å². The zero-order valence-electron chi connectivity index (χ0n) is 63.8. The van der Waals surface area contributed by atoms with Gasteiger partial charge in [-0.15, -0.1) is 0 Å². The van der Waals surface area contributed by atoms with Crippen molar-refractivity contribution >= 4 is 39.5 Å². The number of aliphatic hydroxyl groups excluding tert-OH is 1. The van der Waals surface area contributed by atoms with Gasteiger partial charge in [-0.25, -0.2) is 9.13 Å². The van der Waals surface area contributed by atoms with Crippen LogP contribution in [-0.4, -0.2) is 96.7 Å². The van der Waals surface area contributed by atoms with Crippen molar-refractivity contribution in [2.75, 3.05) is 39.6 Å². The van der Waals surface area contributed by atoms with Crippen LogP contribution in [0.15, 0.2) is 0 Å². The Hall–Kier alpha value is -1.94. The van der Waals surface area contributed by atoms with Crippen LogP contribution in [-0.2, 0) is 65.4 Å². The minimum absolute atomic E-state index is 0.108. The first-order valence-electron chi connectivity index (χ1n) is 41.3. The first kappa shape index (κ1) is 96.1. The Balaban J connectivity index is 5.16. The number of hydrogen-bond acceptors (Lipinski definition) is 15. The fourth-order valence-corrected chi connectivity index (χ4v) is 13.9. The van der Waals surface area contributed by atoms with E-state index in [2.05, 4.69) is 27.7 Å². The molecule has 0 radical (unpaired) electrons. The van der Waals surface area contributed by atoms with Gasteiger partial charge in [0.05, 0.1) is 26.4 Å². The standard InChI is InChI=1S/C79H154O17P2/c1-5-9-13-17-21-24-27-30-32-34-35-36-37-39-41-44-47-50-54-58-62-66-79(84)96-75(70-90-77(82)64-60-56-52-48-45-43-40-38-33-31-28-25-22-18-14-10-6-2)72-94-98(87,88)92-68-73(80)67-91-97(85,86)93-71-74(69-89-76(81)63-59-55-51-20-16-12-8-4)95-78(83)65-61-57-53-49-46-42-29-26-23-19-15-11-7-3/h73-75,80H,5-72H2,1-4H3,(H,85,86)(H,87,88)/t73-,74+,75+/m0/s1. The minimum atomic E-state index is -4.96. The van der Waals surface area contributed by atoms with E-state index in [1.807, 2.05) is 0 Å². The minimum Gasteiger partial charge on any atom is -0.462 e. The van der Waals surface area contributed by atoms with Crippen molar-refractivity contribution in [1.29, 1.82) is 0 Å². The van der Waals surface area contributed by atoms with Crippen LogP contribution in [0.2, 0.25) is 0 Å². The van der Waals surface area contributed by atoms with Crippen LogP contribution >= 0.6 is 15.6 Å². The molecule has 0 amide bonds. The van der Waals surface area contributed by atoms with Crippen LogP contribution in [0.5, 0.6) is 0 Å². The molecule has 0 spiro atoms. The summed E-state index contributed by atoms with van der Waals surface area (Å²) in [7, 11) is -9.91. The van der Waals surface area contributed by atoms with Gasteiger partial charge in [0.25, 0.3) is 0 Å². The first-order valence-corrected chi connectivity index (χ1v) is 44.3. The van der Waals surface area contributed by atoms with Gasteiger partial charge in [0.15, 0.2) is 12.2 Å². The highest BCUT2D eigenvalue weighted by Gasteiger charge is 2.30. The molecular weight excluding hydrogens is 1280 g/mol. The number of rotatable bonds is 80. The molecule has 0 fully saturated rings. The second-order valence-electron chi connectivity index (χ2n) is 28.5. The summed E-state index contributed by atoms with van der Waals surface area (Å²) in [5.74, 6) is -2.11. The number of aliphatic hydroxyl groups is 1. The fraction of sp³-hybridized carbons (Fsp3) is 0.949. The maximum absolute atomic E-state index is 13.1. The molecule has 0 aromatic rings. The zero-order valence-corrected chi connectivity index (χ0v) is 65.6. The number of hydrogen-bond donors (Lipinski definition) is 3. The second-order valence-corrected chi connectivity index (χ2v) is 31.4. The molecule has 0 aliphatic heterocycles. The van der Waals surface area contributed by atoms with Gasteiger partial charge in [0.2, 0.25) is 0 Å². The van der Waals surface area contributed by atoms with E-state index in [0.29, 0.717) is 25.7 Å². The predicted octanol–water partition coefficient (Wildman–Crippen LogP) is 23.8. The van der Waals surface area contributed by atoms with Gasteiger partial charge in [-0.3, -0.25) is 37.3 Å². The highest BCUT2D eigenvalue weighted by atomic mass is 31.2. The largest absolute Gasteiger partial charge is 0.472 e. The normalized spacial score (nSPS) is 13.8. The Labute approximate surface area is 600 Å². The van der Waals surface area contributed by atoms with Gasteiger partial charge in [0.1, 0.15) is 19.3 Å². The topological polar surface area (TPSA) is 237 Å². The summed E-state index contributed by atoms with van der Waals surface area (Å²) in [4.78, 5) is 72.8. The SMILES string of the molecule is CCCCCCCCCCCCCCCCCCCCCCCC(=O)O[C@H](COC(=O)CCCCCCCCCCCCCCCCCCC)COP(=O)(O)OC[C@@H](O)COP(=O)(O)OC[C@@H](COC(=O)CCCCCCCCC)OC(=O)CCCCCCCCCCCCCCC. The van der Waals surface area contributed by atoms with E-state index < -0.39 is 97.5 Å². The molecule has 0 aliphatic carbocycles. The van der Waals surface area contributed by atoms with Crippen LogP contribution in [0.3, 0.4) is 0 Å². The highest BCUT2D eigenvalue weighted by Crippen LogP contribution is 2.45. The quantitative estimate of drug-likeness (QED) is 0.0222. The molecule has 98 heavy (non-hydrogen) atoms. The Morgan fingerprint density at radius 1 is 0.245 bits per heavy atom. The van der Waals surface area contributed by atoms with E-state index in [4.69, 9.17) is 37.0 Å². The third-order valence-corrected chi connectivity index (χ3v) is 20.5. The molecule has 0 bridgehead atoms. The monoisotopic (exact) mass is 1440 g/mol. The highest BCUT2D eigenvalue weighted by molar-refractivity contribution is 7.47. The average molecular weight is 1440 g/mol. The van der Waals surface area contributed by atoms with E-state index >= 15 is 0 Å². The third kappa shape index (κ3) is 72.4. The molecular formula is C79H154O17P2. The van der Waals surface area contributed by atoms with Crippen LogP contribution < -0.4 is 0 Å². The Morgan fingerprint density at radius 3 is 0.602 bits per heavy atom. The van der Waals surface area contributed by atoms with Crippen molar-refractivity contribution < 1.29 is 80.2 Å². The molecule has 3 N–H and O–H groups in total. The van der Waals surface area contributed by atoms with Gasteiger partial charge in [-0.2, -0.15) is 0 Å². The van der Waals surface area contributed by atoms with Crippen molar-refractivity contribution in [3.8, 4) is 0 Å². The number of phosphoric acid groups is 2. The van der Waals surface area contributed by atoms with Crippen LogP contribution in [0.1, 0.15) is 426 Å². The molecule has 19 heteroatoms. The average Bonchev–Trinajstić information content (AvgIpc) is 0.971. The molecule has 0 saturated heterocycles. The molecule has 0 aromatic heterocycles.